The molecule has 0 radical (unpaired) electrons. The lowest BCUT2D eigenvalue weighted by Crippen LogP contribution is -2.06. The summed E-state index contributed by atoms with van der Waals surface area (Å²) in [5.41, 5.74) is 3.53. The standard InChI is InChI=1S/C8H4ClF2N3O/c9-7(15)6-3(13)1-4(8(10)11)14-5(6)2-12/h1,8H,(H2,13,14). The van der Waals surface area contributed by atoms with Crippen LogP contribution in [0.25, 0.3) is 0 Å². The fraction of sp³-hybridized carbons (Fsp3) is 0.125. The van der Waals surface area contributed by atoms with Crippen LogP contribution in [0.5, 0.6) is 0 Å². The number of nitrogens with zero attached hydrogens (tertiary/aromatic N) is 2. The maximum atomic E-state index is 12.3. The molecule has 4 nitrogen and oxygen atoms in total. The van der Waals surface area contributed by atoms with Gasteiger partial charge < -0.3 is 5.73 Å². The second-order valence-corrected chi connectivity index (χ2v) is 2.89. The Morgan fingerprint density at radius 2 is 2.27 bits per heavy atom. The molecule has 0 saturated carbocycles. The molecule has 0 aliphatic carbocycles. The Morgan fingerprint density at radius 3 is 2.67 bits per heavy atom. The highest BCUT2D eigenvalue weighted by molar-refractivity contribution is 6.68. The van der Waals surface area contributed by atoms with Gasteiger partial charge in [0.1, 0.15) is 11.8 Å². The molecule has 1 heterocycles. The van der Waals surface area contributed by atoms with Gasteiger partial charge in [-0.05, 0) is 17.7 Å². The minimum absolute atomic E-state index is 0.281. The zero-order valence-corrected chi connectivity index (χ0v) is 7.92. The van der Waals surface area contributed by atoms with Crippen molar-refractivity contribution in [2.45, 2.75) is 6.43 Å². The summed E-state index contributed by atoms with van der Waals surface area (Å²) < 4.78 is 24.5. The Balaban J connectivity index is 3.46. The van der Waals surface area contributed by atoms with Crippen LogP contribution in [0, 0.1) is 11.3 Å². The predicted octanol–water partition coefficient (Wildman–Crippen LogP) is 1.85. The van der Waals surface area contributed by atoms with Gasteiger partial charge in [-0.25, -0.2) is 13.8 Å². The van der Waals surface area contributed by atoms with E-state index in [1.807, 2.05) is 0 Å². The highest BCUT2D eigenvalue weighted by atomic mass is 35.5. The quantitative estimate of drug-likeness (QED) is 0.788. The van der Waals surface area contributed by atoms with Crippen molar-refractivity contribution in [1.82, 2.24) is 4.98 Å². The highest BCUT2D eigenvalue weighted by Crippen LogP contribution is 2.24. The summed E-state index contributed by atoms with van der Waals surface area (Å²) in [6.45, 7) is 0. The van der Waals surface area contributed by atoms with Crippen LogP contribution in [0.1, 0.15) is 28.2 Å². The summed E-state index contributed by atoms with van der Waals surface area (Å²) in [5, 5.41) is 7.57. The van der Waals surface area contributed by atoms with Gasteiger partial charge in [-0.15, -0.1) is 0 Å². The average Bonchev–Trinajstić information content (AvgIpc) is 2.15. The first-order valence-electron chi connectivity index (χ1n) is 3.66. The molecule has 1 aromatic heterocycles. The lowest BCUT2D eigenvalue weighted by molar-refractivity contribution is 0.108. The van der Waals surface area contributed by atoms with Gasteiger partial charge in [0.05, 0.1) is 5.56 Å². The SMILES string of the molecule is N#Cc1nc(C(F)F)cc(N)c1C(=O)Cl. The molecule has 7 heteroatoms. The molecule has 0 bridgehead atoms. The van der Waals surface area contributed by atoms with Crippen LogP contribution in [0.4, 0.5) is 14.5 Å². The summed E-state index contributed by atoms with van der Waals surface area (Å²) in [4.78, 5) is 14.1. The Bertz CT molecular complexity index is 456. The maximum absolute atomic E-state index is 12.3. The highest BCUT2D eigenvalue weighted by Gasteiger charge is 2.19. The third kappa shape index (κ3) is 2.19. The second-order valence-electron chi connectivity index (χ2n) is 2.55. The number of halogens is 3. The number of carbonyl (C=O) groups is 1. The van der Waals surface area contributed by atoms with Gasteiger partial charge in [0, 0.05) is 5.69 Å². The molecule has 78 valence electrons. The number of aromatic nitrogens is 1. The van der Waals surface area contributed by atoms with Crippen LogP contribution >= 0.6 is 11.6 Å². The summed E-state index contributed by atoms with van der Waals surface area (Å²) in [6.07, 6.45) is -2.86. The summed E-state index contributed by atoms with van der Waals surface area (Å²) in [6, 6.07) is 2.30. The number of carbonyl (C=O) groups excluding carboxylic acids is 1. The number of rotatable bonds is 2. The van der Waals surface area contributed by atoms with E-state index in [0.29, 0.717) is 0 Å². The van der Waals surface area contributed by atoms with Crippen LogP contribution in [0.15, 0.2) is 6.07 Å². The van der Waals surface area contributed by atoms with Gasteiger partial charge in [0.2, 0.25) is 0 Å². The van der Waals surface area contributed by atoms with E-state index >= 15 is 0 Å². The molecule has 0 aliphatic rings. The van der Waals surface area contributed by atoms with Crippen molar-refractivity contribution < 1.29 is 13.6 Å². The van der Waals surface area contributed by atoms with E-state index in [1.54, 1.807) is 0 Å². The van der Waals surface area contributed by atoms with Crippen molar-refractivity contribution in [2.75, 3.05) is 5.73 Å². The second kappa shape index (κ2) is 4.19. The molecule has 0 amide bonds. The number of hydrogen-bond donors (Lipinski definition) is 1. The lowest BCUT2D eigenvalue weighted by Gasteiger charge is -2.05. The molecule has 1 aromatic rings. The zero-order chi connectivity index (χ0) is 11.6. The summed E-state index contributed by atoms with van der Waals surface area (Å²) in [5.74, 6) is 0. The molecule has 0 unspecified atom stereocenters. The molecule has 0 atom stereocenters. The largest absolute Gasteiger partial charge is 0.398 e. The minimum atomic E-state index is -2.86. The number of pyridine rings is 1. The number of nitrogens with two attached hydrogens (primary N) is 1. The van der Waals surface area contributed by atoms with Gasteiger partial charge in [-0.1, -0.05) is 0 Å². The predicted molar refractivity (Wildman–Crippen MR) is 48.5 cm³/mol. The van der Waals surface area contributed by atoms with Gasteiger partial charge in [-0.2, -0.15) is 5.26 Å². The number of alkyl halides is 2. The average molecular weight is 232 g/mol. The topological polar surface area (TPSA) is 79.8 Å². The maximum Gasteiger partial charge on any atom is 0.280 e. The molecule has 15 heavy (non-hydrogen) atoms. The van der Waals surface area contributed by atoms with E-state index < -0.39 is 23.1 Å². The first kappa shape index (κ1) is 11.3. The Labute approximate surface area is 88.3 Å². The Morgan fingerprint density at radius 1 is 1.67 bits per heavy atom. The number of hydrogen-bond acceptors (Lipinski definition) is 4. The fourth-order valence-electron chi connectivity index (χ4n) is 0.985. The van der Waals surface area contributed by atoms with Crippen molar-refractivity contribution in [2.24, 2.45) is 0 Å². The van der Waals surface area contributed by atoms with E-state index in [4.69, 9.17) is 22.6 Å². The first-order chi connectivity index (χ1) is 6.97. The van der Waals surface area contributed by atoms with Crippen LogP contribution in [-0.4, -0.2) is 10.2 Å². The van der Waals surface area contributed by atoms with Crippen LogP contribution in [0.3, 0.4) is 0 Å². The Kier molecular flexibility index (Phi) is 3.17. The van der Waals surface area contributed by atoms with Gasteiger partial charge >= 0.3 is 0 Å². The summed E-state index contributed by atoms with van der Waals surface area (Å²) >= 11 is 5.13. The normalized spacial score (nSPS) is 10.1. The van der Waals surface area contributed by atoms with Crippen molar-refractivity contribution in [3.8, 4) is 6.07 Å². The lowest BCUT2D eigenvalue weighted by atomic mass is 10.1. The van der Waals surface area contributed by atoms with Gasteiger partial charge in [0.25, 0.3) is 11.7 Å². The molecule has 1 rings (SSSR count). The molecule has 2 N–H and O–H groups in total. The van der Waals surface area contributed by atoms with Crippen LogP contribution < -0.4 is 5.73 Å². The zero-order valence-electron chi connectivity index (χ0n) is 7.17. The van der Waals surface area contributed by atoms with Crippen LogP contribution in [0.2, 0.25) is 0 Å². The van der Waals surface area contributed by atoms with E-state index in [1.165, 1.54) is 6.07 Å². The molecule has 0 spiro atoms. The molecular formula is C8H4ClF2N3O. The van der Waals surface area contributed by atoms with Crippen molar-refractivity contribution in [1.29, 1.82) is 5.26 Å². The molecular weight excluding hydrogens is 228 g/mol. The Hall–Kier alpha value is -1.74. The van der Waals surface area contributed by atoms with Crippen LogP contribution in [-0.2, 0) is 0 Å². The van der Waals surface area contributed by atoms with E-state index in [9.17, 15) is 13.6 Å². The smallest absolute Gasteiger partial charge is 0.280 e. The van der Waals surface area contributed by atoms with E-state index in [2.05, 4.69) is 4.98 Å². The fourth-order valence-corrected chi connectivity index (χ4v) is 1.18. The molecule has 0 aromatic carbocycles. The number of nitriles is 1. The first-order valence-corrected chi connectivity index (χ1v) is 4.03. The van der Waals surface area contributed by atoms with Gasteiger partial charge in [-0.3, -0.25) is 4.79 Å². The summed E-state index contributed by atoms with van der Waals surface area (Å²) in [7, 11) is 0. The molecule has 0 saturated heterocycles. The van der Waals surface area contributed by atoms with Crippen molar-refractivity contribution >= 4 is 22.5 Å². The third-order valence-corrected chi connectivity index (χ3v) is 1.78. The van der Waals surface area contributed by atoms with Crippen molar-refractivity contribution in [3.63, 3.8) is 0 Å². The van der Waals surface area contributed by atoms with E-state index in [0.717, 1.165) is 6.07 Å². The molecule has 0 aliphatic heterocycles. The molecule has 0 fully saturated rings. The van der Waals surface area contributed by atoms with Gasteiger partial charge in [0.15, 0.2) is 5.69 Å². The monoisotopic (exact) mass is 231 g/mol. The van der Waals surface area contributed by atoms with Crippen molar-refractivity contribution in [3.05, 3.63) is 23.0 Å². The third-order valence-electron chi connectivity index (χ3n) is 1.60. The van der Waals surface area contributed by atoms with E-state index in [-0.39, 0.29) is 11.3 Å². The minimum Gasteiger partial charge on any atom is -0.398 e. The number of anilines is 1. The number of nitrogen functional groups attached to an aromatic ring is 1.